The Bertz CT molecular complexity index is 1330. The quantitative estimate of drug-likeness (QED) is 0.161. The second-order valence-electron chi connectivity index (χ2n) is 9.35. The molecule has 0 fully saturated rings. The number of aromatic nitrogens is 1. The normalized spacial score (nSPS) is 12.5. The van der Waals surface area contributed by atoms with E-state index in [0.717, 1.165) is 4.47 Å². The minimum Gasteiger partial charge on any atom is -0.460 e. The fourth-order valence-electron chi connectivity index (χ4n) is 3.85. The predicted octanol–water partition coefficient (Wildman–Crippen LogP) is 8.55. The Morgan fingerprint density at radius 3 is 2.42 bits per heavy atom. The predicted molar refractivity (Wildman–Crippen MR) is 151 cm³/mol. The van der Waals surface area contributed by atoms with Crippen LogP contribution in [0.25, 0.3) is 10.9 Å². The fourth-order valence-corrected chi connectivity index (χ4v) is 5.24. The lowest BCUT2D eigenvalue weighted by molar-refractivity contribution is -0.155. The maximum atomic E-state index is 13.4. The molecule has 0 aliphatic carbocycles. The zero-order valence-corrected chi connectivity index (χ0v) is 24.8. The zero-order valence-electron chi connectivity index (χ0n) is 20.1. The van der Waals surface area contributed by atoms with E-state index in [2.05, 4.69) is 26.2 Å². The summed E-state index contributed by atoms with van der Waals surface area (Å²) in [5.41, 5.74) is 1.53. The van der Waals surface area contributed by atoms with Crippen LogP contribution in [-0.2, 0) is 9.53 Å². The summed E-state index contributed by atoms with van der Waals surface area (Å²) in [6.45, 7) is 7.31. The second-order valence-corrected chi connectivity index (χ2v) is 11.8. The van der Waals surface area contributed by atoms with Crippen LogP contribution in [0.15, 0.2) is 34.8 Å². The molecule has 1 N–H and O–H groups in total. The SMILES string of the molecule is Cc1c(Cl)nc2ccc(Br)cc2c1C(=O)NCC(CCC(=O)OC(C)(C)C)c1c(Cl)ccc(Cl)c1Cl. The van der Waals surface area contributed by atoms with Gasteiger partial charge in [0.15, 0.2) is 0 Å². The molecule has 192 valence electrons. The number of halogens is 5. The van der Waals surface area contributed by atoms with Gasteiger partial charge in [0.1, 0.15) is 10.8 Å². The first-order chi connectivity index (χ1) is 16.8. The number of amides is 1. The Kier molecular flexibility index (Phi) is 9.56. The van der Waals surface area contributed by atoms with Crippen LogP contribution in [0.5, 0.6) is 0 Å². The molecule has 1 unspecified atom stereocenters. The molecule has 36 heavy (non-hydrogen) atoms. The van der Waals surface area contributed by atoms with E-state index in [9.17, 15) is 9.59 Å². The number of esters is 1. The second kappa shape index (κ2) is 11.9. The molecule has 0 aliphatic heterocycles. The lowest BCUT2D eigenvalue weighted by Crippen LogP contribution is -2.30. The molecule has 0 spiro atoms. The molecule has 5 nitrogen and oxygen atoms in total. The largest absolute Gasteiger partial charge is 0.460 e. The van der Waals surface area contributed by atoms with E-state index in [1.54, 1.807) is 45.9 Å². The van der Waals surface area contributed by atoms with Gasteiger partial charge in [-0.2, -0.15) is 0 Å². The molecular formula is C26H25BrCl4N2O3. The van der Waals surface area contributed by atoms with Crippen LogP contribution in [0, 0.1) is 6.92 Å². The zero-order chi connectivity index (χ0) is 26.8. The Morgan fingerprint density at radius 2 is 1.75 bits per heavy atom. The van der Waals surface area contributed by atoms with Crippen molar-refractivity contribution in [2.24, 2.45) is 0 Å². The van der Waals surface area contributed by atoms with Gasteiger partial charge in [0.2, 0.25) is 0 Å². The molecule has 1 aromatic heterocycles. The molecule has 0 saturated carbocycles. The highest BCUT2D eigenvalue weighted by Gasteiger charge is 2.25. The smallest absolute Gasteiger partial charge is 0.306 e. The molecule has 0 saturated heterocycles. The fraction of sp³-hybridized carbons (Fsp3) is 0.346. The molecule has 10 heteroatoms. The van der Waals surface area contributed by atoms with Gasteiger partial charge >= 0.3 is 5.97 Å². The van der Waals surface area contributed by atoms with Gasteiger partial charge in [0.05, 0.1) is 21.1 Å². The van der Waals surface area contributed by atoms with Crippen LogP contribution in [-0.4, -0.2) is 29.0 Å². The molecule has 0 aliphatic rings. The van der Waals surface area contributed by atoms with E-state index in [4.69, 9.17) is 51.1 Å². The van der Waals surface area contributed by atoms with Crippen LogP contribution >= 0.6 is 62.3 Å². The Hall–Kier alpha value is -1.57. The van der Waals surface area contributed by atoms with E-state index in [1.165, 1.54) is 0 Å². The maximum absolute atomic E-state index is 13.4. The van der Waals surface area contributed by atoms with Crippen molar-refractivity contribution < 1.29 is 14.3 Å². The van der Waals surface area contributed by atoms with Crippen molar-refractivity contribution in [2.45, 2.75) is 52.1 Å². The number of ether oxygens (including phenoxy) is 1. The van der Waals surface area contributed by atoms with E-state index in [0.29, 0.717) is 44.1 Å². The van der Waals surface area contributed by atoms with Crippen molar-refractivity contribution in [1.82, 2.24) is 10.3 Å². The minimum absolute atomic E-state index is 0.104. The molecule has 1 atom stereocenters. The third-order valence-corrected chi connectivity index (χ3v) is 7.48. The number of nitrogens with one attached hydrogen (secondary N) is 1. The van der Waals surface area contributed by atoms with E-state index in [-0.39, 0.29) is 35.0 Å². The van der Waals surface area contributed by atoms with Crippen molar-refractivity contribution in [3.05, 3.63) is 71.7 Å². The molecule has 1 heterocycles. The summed E-state index contributed by atoms with van der Waals surface area (Å²) in [4.78, 5) is 30.2. The molecule has 0 bridgehead atoms. The molecule has 3 rings (SSSR count). The van der Waals surface area contributed by atoms with Crippen LogP contribution < -0.4 is 5.32 Å². The number of fused-ring (bicyclic) bond motifs is 1. The van der Waals surface area contributed by atoms with Gasteiger partial charge in [0.25, 0.3) is 5.91 Å². The van der Waals surface area contributed by atoms with Crippen LogP contribution in [0.4, 0.5) is 0 Å². The average molecular weight is 635 g/mol. The Balaban J connectivity index is 1.92. The highest BCUT2D eigenvalue weighted by atomic mass is 79.9. The first-order valence-corrected chi connectivity index (χ1v) is 13.5. The van der Waals surface area contributed by atoms with Crippen molar-refractivity contribution in [3.8, 4) is 0 Å². The number of rotatable bonds is 7. The highest BCUT2D eigenvalue weighted by molar-refractivity contribution is 9.10. The van der Waals surface area contributed by atoms with Gasteiger partial charge < -0.3 is 10.1 Å². The third-order valence-electron chi connectivity index (χ3n) is 5.47. The molecule has 3 aromatic rings. The number of benzene rings is 2. The van der Waals surface area contributed by atoms with Crippen molar-refractivity contribution >= 4 is 85.1 Å². The topological polar surface area (TPSA) is 68.3 Å². The molecular weight excluding hydrogens is 610 g/mol. The molecule has 0 radical (unpaired) electrons. The van der Waals surface area contributed by atoms with Gasteiger partial charge in [-0.1, -0.05) is 62.3 Å². The Labute approximate surface area is 238 Å². The van der Waals surface area contributed by atoms with Crippen molar-refractivity contribution in [1.29, 1.82) is 0 Å². The monoisotopic (exact) mass is 632 g/mol. The lowest BCUT2D eigenvalue weighted by Gasteiger charge is -2.23. The number of carbonyl (C=O) groups is 2. The first-order valence-electron chi connectivity index (χ1n) is 11.2. The summed E-state index contributed by atoms with van der Waals surface area (Å²) in [7, 11) is 0. The number of hydrogen-bond donors (Lipinski definition) is 1. The standard InChI is InChI=1S/C26H25BrCl4N2O3/c1-13-21(16-11-15(27)6-9-19(16)33-24(13)31)25(35)32-12-14(5-10-20(34)36-26(2,3)4)22-17(28)7-8-18(29)23(22)30/h6-9,11,14H,5,10,12H2,1-4H3,(H,32,35). The average Bonchev–Trinajstić information content (AvgIpc) is 2.77. The van der Waals surface area contributed by atoms with Crippen molar-refractivity contribution in [2.75, 3.05) is 6.54 Å². The summed E-state index contributed by atoms with van der Waals surface area (Å²) in [6, 6.07) is 8.69. The molecule has 2 aromatic carbocycles. The number of pyridine rings is 1. The van der Waals surface area contributed by atoms with Gasteiger partial charge in [-0.15, -0.1) is 0 Å². The summed E-state index contributed by atoms with van der Waals surface area (Å²) in [5.74, 6) is -1.10. The summed E-state index contributed by atoms with van der Waals surface area (Å²) in [6.07, 6.45) is 0.435. The van der Waals surface area contributed by atoms with Crippen LogP contribution in [0.3, 0.4) is 0 Å². The van der Waals surface area contributed by atoms with Gasteiger partial charge in [-0.25, -0.2) is 4.98 Å². The van der Waals surface area contributed by atoms with Crippen LogP contribution in [0.2, 0.25) is 20.2 Å². The number of nitrogens with zero attached hydrogens (tertiary/aromatic N) is 1. The number of carbonyl (C=O) groups excluding carboxylic acids is 2. The van der Waals surface area contributed by atoms with Crippen molar-refractivity contribution in [3.63, 3.8) is 0 Å². The molecule has 1 amide bonds. The summed E-state index contributed by atoms with van der Waals surface area (Å²) < 4.78 is 6.25. The summed E-state index contributed by atoms with van der Waals surface area (Å²) in [5, 5.41) is 4.88. The highest BCUT2D eigenvalue weighted by Crippen LogP contribution is 2.38. The lowest BCUT2D eigenvalue weighted by atomic mass is 9.93. The number of hydrogen-bond acceptors (Lipinski definition) is 4. The summed E-state index contributed by atoms with van der Waals surface area (Å²) >= 11 is 29.0. The Morgan fingerprint density at radius 1 is 1.08 bits per heavy atom. The van der Waals surface area contributed by atoms with Crippen LogP contribution in [0.1, 0.15) is 61.0 Å². The van der Waals surface area contributed by atoms with Gasteiger partial charge in [0, 0.05) is 33.8 Å². The van der Waals surface area contributed by atoms with Gasteiger partial charge in [-0.3, -0.25) is 9.59 Å². The first kappa shape index (κ1) is 29.0. The van der Waals surface area contributed by atoms with Gasteiger partial charge in [-0.05, 0) is 75.6 Å². The van der Waals surface area contributed by atoms with E-state index < -0.39 is 11.5 Å². The maximum Gasteiger partial charge on any atom is 0.306 e. The van der Waals surface area contributed by atoms with E-state index >= 15 is 0 Å². The minimum atomic E-state index is -0.611. The third kappa shape index (κ3) is 7.05. The van der Waals surface area contributed by atoms with E-state index in [1.807, 2.05) is 12.1 Å².